The number of aliphatic hydroxyl groups is 3. The Balaban J connectivity index is 1.30. The number of aryl methyl sites for hydroxylation is 1. The van der Waals surface area contributed by atoms with Gasteiger partial charge in [-0.25, -0.2) is 0 Å². The van der Waals surface area contributed by atoms with Gasteiger partial charge in [-0.05, 0) is 147 Å². The summed E-state index contributed by atoms with van der Waals surface area (Å²) in [4.78, 5) is 32.5. The Morgan fingerprint density at radius 1 is 0.939 bits per heavy atom. The van der Waals surface area contributed by atoms with Crippen molar-refractivity contribution in [3.63, 3.8) is 0 Å². The molecule has 2 saturated carbocycles. The van der Waals surface area contributed by atoms with Gasteiger partial charge in [-0.15, -0.1) is 0 Å². The summed E-state index contributed by atoms with van der Waals surface area (Å²) in [5, 5.41) is 47.9. The van der Waals surface area contributed by atoms with Crippen LogP contribution in [-0.4, -0.2) is 68.9 Å². The molecule has 3 aromatic rings. The molecule has 0 unspecified atom stereocenters. The number of rotatable bonds is 15. The van der Waals surface area contributed by atoms with Gasteiger partial charge in [0.2, 0.25) is 0 Å². The molecule has 2 heterocycles. The van der Waals surface area contributed by atoms with Gasteiger partial charge in [0.15, 0.2) is 11.5 Å². The third kappa shape index (κ3) is 11.5. The lowest BCUT2D eigenvalue weighted by Gasteiger charge is -2.46. The van der Waals surface area contributed by atoms with Crippen LogP contribution in [0, 0.1) is 41.4 Å². The Kier molecular flexibility index (Phi) is 16.6. The summed E-state index contributed by atoms with van der Waals surface area (Å²) < 4.78 is 5.52. The number of aromatic amines is 1. The number of allylic oxidation sites excluding steroid dienone is 2. The van der Waals surface area contributed by atoms with E-state index in [0.717, 1.165) is 97.7 Å². The molecule has 0 saturated heterocycles. The first-order valence-corrected chi connectivity index (χ1v) is 24.9. The second-order valence-corrected chi connectivity index (χ2v) is 20.3. The minimum Gasteiger partial charge on any atom is -0.504 e. The molecule has 0 bridgehead atoms. The molecule has 10 atom stereocenters. The number of fused-ring (bicyclic) bond motifs is 2. The van der Waals surface area contributed by atoms with Gasteiger partial charge in [0, 0.05) is 42.1 Å². The van der Waals surface area contributed by atoms with Gasteiger partial charge in [0.1, 0.15) is 11.6 Å². The molecular weight excluding hydrogens is 827 g/mol. The Labute approximate surface area is 392 Å². The highest BCUT2D eigenvalue weighted by atomic mass is 16.5. The second kappa shape index (κ2) is 22.3. The van der Waals surface area contributed by atoms with Crippen LogP contribution in [0.25, 0.3) is 0 Å². The number of hydrogen-bond acceptors (Lipinski definition) is 9. The molecule has 66 heavy (non-hydrogen) atoms. The number of nitrogens with two attached hydrogens (primary N) is 1. The number of methoxy groups -OCH3 is 1. The van der Waals surface area contributed by atoms with E-state index in [-0.39, 0.29) is 59.7 Å². The molecule has 4 aliphatic rings. The largest absolute Gasteiger partial charge is 0.504 e. The molecular formula is C56H75N3O7. The monoisotopic (exact) mass is 902 g/mol. The van der Waals surface area contributed by atoms with Crippen molar-refractivity contribution in [2.24, 2.45) is 35.3 Å². The minimum absolute atomic E-state index is 0.0125. The van der Waals surface area contributed by atoms with E-state index in [1.807, 2.05) is 42.5 Å². The summed E-state index contributed by atoms with van der Waals surface area (Å²) in [6.07, 6.45) is 15.0. The van der Waals surface area contributed by atoms with Gasteiger partial charge in [-0.2, -0.15) is 0 Å². The number of aromatic hydroxyl groups is 1. The first kappa shape index (κ1) is 49.1. The Morgan fingerprint density at radius 2 is 1.71 bits per heavy atom. The molecule has 1 aromatic heterocycles. The van der Waals surface area contributed by atoms with E-state index < -0.39 is 35.6 Å². The smallest absolute Gasteiger partial charge is 0.160 e. The highest BCUT2D eigenvalue weighted by molar-refractivity contribution is 6.00. The first-order chi connectivity index (χ1) is 31.8. The molecule has 3 aliphatic carbocycles. The van der Waals surface area contributed by atoms with Gasteiger partial charge >= 0.3 is 0 Å². The van der Waals surface area contributed by atoms with Crippen LogP contribution in [-0.2, 0) is 21.4 Å². The number of benzene rings is 2. The van der Waals surface area contributed by atoms with E-state index in [9.17, 15) is 30.0 Å². The number of aliphatic hydroxyl groups excluding tert-OH is 3. The number of Topliss-reactive ketones (excluding diaryl/α,β-unsaturated/α-hetero) is 2. The summed E-state index contributed by atoms with van der Waals surface area (Å²) >= 11 is 0. The Bertz CT molecular complexity index is 2240. The van der Waals surface area contributed by atoms with E-state index in [4.69, 9.17) is 10.5 Å². The summed E-state index contributed by atoms with van der Waals surface area (Å²) in [6, 6.07) is 15.8. The molecule has 10 heteroatoms. The third-order valence-electron chi connectivity index (χ3n) is 15.8. The molecule has 2 aromatic carbocycles. The zero-order valence-electron chi connectivity index (χ0n) is 39.7. The molecule has 356 valence electrons. The average molecular weight is 902 g/mol. The lowest BCUT2D eigenvalue weighted by molar-refractivity contribution is -0.130. The van der Waals surface area contributed by atoms with Crippen molar-refractivity contribution in [1.82, 2.24) is 10.3 Å². The van der Waals surface area contributed by atoms with Gasteiger partial charge in [0.25, 0.3) is 0 Å². The topological polar surface area (TPSA) is 178 Å². The maximum absolute atomic E-state index is 14.9. The number of ether oxygens (including phenoxy) is 1. The molecule has 0 radical (unpaired) electrons. The number of phenolic OH excluding ortho intramolecular Hbond substituents is 1. The molecule has 2 fully saturated rings. The number of hydrogen-bond donors (Lipinski definition) is 7. The van der Waals surface area contributed by atoms with Crippen LogP contribution in [0.1, 0.15) is 157 Å². The number of carbonyl (C=O) groups excluding carboxylic acids is 2. The quantitative estimate of drug-likeness (QED) is 0.0579. The lowest BCUT2D eigenvalue weighted by Crippen LogP contribution is -2.48. The van der Waals surface area contributed by atoms with E-state index in [0.29, 0.717) is 43.8 Å². The first-order valence-electron chi connectivity index (χ1n) is 24.9. The van der Waals surface area contributed by atoms with Crippen molar-refractivity contribution in [3.05, 3.63) is 106 Å². The van der Waals surface area contributed by atoms with Crippen LogP contribution in [0.5, 0.6) is 11.5 Å². The number of carbonyl (C=O) groups is 2. The minimum atomic E-state index is -0.780. The highest BCUT2D eigenvalue weighted by Crippen LogP contribution is 2.51. The molecule has 10 nitrogen and oxygen atoms in total. The maximum Gasteiger partial charge on any atom is 0.160 e. The van der Waals surface area contributed by atoms with Crippen molar-refractivity contribution in [2.75, 3.05) is 13.7 Å². The number of H-pyrrole nitrogens is 1. The number of ketones is 2. The van der Waals surface area contributed by atoms with Crippen molar-refractivity contribution >= 4 is 11.6 Å². The fourth-order valence-electron chi connectivity index (χ4n) is 12.0. The highest BCUT2D eigenvalue weighted by Gasteiger charge is 2.49. The maximum atomic E-state index is 14.9. The van der Waals surface area contributed by atoms with Crippen LogP contribution >= 0.6 is 0 Å². The van der Waals surface area contributed by atoms with Crippen LogP contribution < -0.4 is 15.8 Å². The fraction of sp³-hybridized carbons (Fsp3) is 0.571. The second-order valence-electron chi connectivity index (χ2n) is 20.3. The zero-order valence-corrected chi connectivity index (χ0v) is 39.7. The van der Waals surface area contributed by atoms with E-state index in [2.05, 4.69) is 54.3 Å². The van der Waals surface area contributed by atoms with E-state index in [1.165, 1.54) is 7.11 Å². The molecule has 7 rings (SSSR count). The summed E-state index contributed by atoms with van der Waals surface area (Å²) in [5.74, 6) is 7.13. The summed E-state index contributed by atoms with van der Waals surface area (Å²) in [6.45, 7) is 6.61. The summed E-state index contributed by atoms with van der Waals surface area (Å²) in [7, 11) is 1.52. The van der Waals surface area contributed by atoms with Gasteiger partial charge in [0.05, 0.1) is 43.6 Å². The Hall–Kier alpha value is -4.82. The average Bonchev–Trinajstić information content (AvgIpc) is 3.75. The number of nitrogens with one attached hydrogen (secondary N) is 2. The number of phenols is 1. The Morgan fingerprint density at radius 3 is 2.42 bits per heavy atom. The summed E-state index contributed by atoms with van der Waals surface area (Å²) in [5.41, 5.74) is 11.8. The third-order valence-corrected chi connectivity index (χ3v) is 15.8. The molecule has 0 spiro atoms. The van der Waals surface area contributed by atoms with E-state index >= 15 is 0 Å². The zero-order chi connectivity index (χ0) is 47.0. The predicted molar refractivity (Wildman–Crippen MR) is 260 cm³/mol. The predicted octanol–water partition coefficient (Wildman–Crippen LogP) is 9.01. The van der Waals surface area contributed by atoms with Crippen LogP contribution in [0.4, 0.5) is 0 Å². The van der Waals surface area contributed by atoms with Crippen molar-refractivity contribution in [3.8, 4) is 23.3 Å². The molecule has 0 amide bonds. The van der Waals surface area contributed by atoms with E-state index in [1.54, 1.807) is 13.0 Å². The van der Waals surface area contributed by atoms with Gasteiger partial charge < -0.3 is 41.2 Å². The fourth-order valence-corrected chi connectivity index (χ4v) is 12.0. The number of aromatic nitrogens is 1. The van der Waals surface area contributed by atoms with Gasteiger partial charge in [-0.3, -0.25) is 9.59 Å². The molecule has 1 aliphatic heterocycles. The van der Waals surface area contributed by atoms with Crippen molar-refractivity contribution < 1.29 is 34.8 Å². The number of dihydropyridines is 1. The SMILES string of the molecule is CCC[C@@H]([C@H]1C[C@@H](CC2=CCNC(N)=C2)C[C@@H]2C#C[C@H](c3ccccc3)c3cc(O)c(OC)cc3CCC(=O)CC(=O)[C@H]2C1)[C@H](O)C1(c2cc([C@H](C)CC[C@H](O)[C@H](C)O)c[nH]2)CCCCC1. The lowest BCUT2D eigenvalue weighted by atomic mass is 9.61. The van der Waals surface area contributed by atoms with Crippen LogP contribution in [0.15, 0.2) is 78.3 Å². The normalized spacial score (nSPS) is 25.8. The molecule has 8 N–H and O–H groups in total. The van der Waals surface area contributed by atoms with Crippen molar-refractivity contribution in [1.29, 1.82) is 0 Å². The van der Waals surface area contributed by atoms with Gasteiger partial charge in [-0.1, -0.05) is 87.8 Å². The van der Waals surface area contributed by atoms with Crippen molar-refractivity contribution in [2.45, 2.75) is 159 Å². The van der Waals surface area contributed by atoms with Crippen LogP contribution in [0.2, 0.25) is 0 Å². The van der Waals surface area contributed by atoms with Crippen LogP contribution in [0.3, 0.4) is 0 Å². The standard InChI is InChI=1S/C56H75N3O7/c1-5-12-46(55(65)56(22-10-7-11-23-56)53-31-43(34-59-53)35(2)15-20-49(62)36(3)60)42-27-38(25-37-21-24-58-54(57)28-37)26-40-17-19-45(39-13-8-6-9-14-39)47-33-51(64)52(66-4)30-41(47)16-18-44(61)32-50(63)48(40)29-42/h6,8-9,13-14,21,28,30-31,33-36,38,40,42,45-46,48-49,55,58-60,62,64-65H,5,7,10-12,15-16,18,20,22-27,29,32,57H2,1-4H3/t35-,36+,38+,40+,42+,45-,46+,48+,49+,55+/m1/s1.